The minimum atomic E-state index is -1.03. The number of carboxylic acid groups (broad SMARTS) is 1. The maximum atomic E-state index is 10.5. The number of rotatable bonds is 3. The van der Waals surface area contributed by atoms with Crippen molar-refractivity contribution in [2.75, 3.05) is 0 Å². The molecule has 0 spiro atoms. The van der Waals surface area contributed by atoms with Crippen molar-refractivity contribution in [1.82, 2.24) is 0 Å². The fourth-order valence-corrected chi connectivity index (χ4v) is 1.19. The molecule has 1 N–H and O–H groups in total. The molecule has 0 amide bonds. The van der Waals surface area contributed by atoms with Crippen LogP contribution >= 0.6 is 11.6 Å². The van der Waals surface area contributed by atoms with E-state index >= 15 is 0 Å². The summed E-state index contributed by atoms with van der Waals surface area (Å²) in [4.78, 5) is 20.7. The summed E-state index contributed by atoms with van der Waals surface area (Å²) < 4.78 is 0. The first-order chi connectivity index (χ1) is 6.15. The molecule has 0 aromatic heterocycles. The number of halogens is 1. The molecule has 4 heteroatoms. The van der Waals surface area contributed by atoms with Crippen molar-refractivity contribution in [3.8, 4) is 0 Å². The highest BCUT2D eigenvalue weighted by Crippen LogP contribution is 2.17. The Morgan fingerprint density at radius 3 is 2.69 bits per heavy atom. The minimum absolute atomic E-state index is 0.125. The molecule has 68 valence electrons. The maximum Gasteiger partial charge on any atom is 0.335 e. The summed E-state index contributed by atoms with van der Waals surface area (Å²) in [5, 5.41) is 8.91. The Labute approximate surface area is 79.9 Å². The van der Waals surface area contributed by atoms with Crippen LogP contribution in [0.2, 0.25) is 5.02 Å². The van der Waals surface area contributed by atoms with Crippen molar-refractivity contribution in [2.45, 2.75) is 6.42 Å². The van der Waals surface area contributed by atoms with Crippen LogP contribution in [0.15, 0.2) is 18.2 Å². The first kappa shape index (κ1) is 9.74. The molecule has 0 aliphatic carbocycles. The van der Waals surface area contributed by atoms with Crippen LogP contribution in [-0.2, 0) is 11.2 Å². The van der Waals surface area contributed by atoms with Gasteiger partial charge in [0.05, 0.1) is 5.56 Å². The number of carbonyl (C=O) groups excluding carboxylic acids is 1. The Balaban J connectivity index is 3.04. The molecule has 0 radical (unpaired) electrons. The molecule has 1 aromatic rings. The van der Waals surface area contributed by atoms with E-state index in [1.807, 2.05) is 0 Å². The van der Waals surface area contributed by atoms with Crippen LogP contribution in [0.25, 0.3) is 0 Å². The minimum Gasteiger partial charge on any atom is -0.478 e. The predicted octanol–water partition coefficient (Wildman–Crippen LogP) is 1.78. The standard InChI is InChI=1S/C9H7ClO3/c10-8-5-7(9(12)13)2-1-6(8)3-4-11/h1-2,4-5H,3H2,(H,12,13). The summed E-state index contributed by atoms with van der Waals surface area (Å²) in [5.74, 6) is -1.03. The first-order valence-corrected chi connectivity index (χ1v) is 3.98. The van der Waals surface area contributed by atoms with Crippen molar-refractivity contribution in [2.24, 2.45) is 0 Å². The average Bonchev–Trinajstić information content (AvgIpc) is 2.08. The van der Waals surface area contributed by atoms with Crippen LogP contribution in [0.1, 0.15) is 15.9 Å². The van der Waals surface area contributed by atoms with E-state index in [2.05, 4.69) is 0 Å². The van der Waals surface area contributed by atoms with E-state index in [9.17, 15) is 9.59 Å². The topological polar surface area (TPSA) is 54.4 Å². The van der Waals surface area contributed by atoms with Gasteiger partial charge in [0.15, 0.2) is 0 Å². The van der Waals surface area contributed by atoms with Crippen LogP contribution in [0.4, 0.5) is 0 Å². The first-order valence-electron chi connectivity index (χ1n) is 3.60. The summed E-state index contributed by atoms with van der Waals surface area (Å²) in [6.07, 6.45) is 0.931. The smallest absolute Gasteiger partial charge is 0.335 e. The van der Waals surface area contributed by atoms with Gasteiger partial charge in [0.25, 0.3) is 0 Å². The van der Waals surface area contributed by atoms with Gasteiger partial charge in [-0.1, -0.05) is 17.7 Å². The largest absolute Gasteiger partial charge is 0.478 e. The lowest BCUT2D eigenvalue weighted by molar-refractivity contribution is -0.107. The van der Waals surface area contributed by atoms with Gasteiger partial charge in [-0.05, 0) is 17.7 Å². The summed E-state index contributed by atoms with van der Waals surface area (Å²) in [7, 11) is 0. The van der Waals surface area contributed by atoms with E-state index < -0.39 is 5.97 Å². The number of carboxylic acids is 1. The summed E-state index contributed by atoms with van der Waals surface area (Å²) >= 11 is 5.73. The SMILES string of the molecule is O=CCc1ccc(C(=O)O)cc1Cl. The molecule has 1 aromatic carbocycles. The fourth-order valence-electron chi connectivity index (χ4n) is 0.936. The van der Waals surface area contributed by atoms with E-state index in [-0.39, 0.29) is 12.0 Å². The lowest BCUT2D eigenvalue weighted by Gasteiger charge is -2.00. The molecule has 0 atom stereocenters. The van der Waals surface area contributed by atoms with Gasteiger partial charge in [-0.15, -0.1) is 0 Å². The van der Waals surface area contributed by atoms with Gasteiger partial charge in [-0.25, -0.2) is 4.79 Å². The number of carbonyl (C=O) groups is 2. The molecular formula is C9H7ClO3. The molecule has 0 heterocycles. The summed E-state index contributed by atoms with van der Waals surface area (Å²) in [6, 6.07) is 4.30. The van der Waals surface area contributed by atoms with Crippen molar-refractivity contribution < 1.29 is 14.7 Å². The highest BCUT2D eigenvalue weighted by molar-refractivity contribution is 6.31. The number of hydrogen-bond donors (Lipinski definition) is 1. The molecule has 1 rings (SSSR count). The van der Waals surface area contributed by atoms with E-state index in [0.29, 0.717) is 10.6 Å². The second kappa shape index (κ2) is 4.05. The van der Waals surface area contributed by atoms with E-state index in [1.54, 1.807) is 6.07 Å². The molecule has 0 aliphatic rings. The van der Waals surface area contributed by atoms with Gasteiger partial charge in [0.2, 0.25) is 0 Å². The van der Waals surface area contributed by atoms with Gasteiger partial charge in [0.1, 0.15) is 6.29 Å². The highest BCUT2D eigenvalue weighted by atomic mass is 35.5. The monoisotopic (exact) mass is 198 g/mol. The van der Waals surface area contributed by atoms with Gasteiger partial charge in [0, 0.05) is 11.4 Å². The number of aldehydes is 1. The lowest BCUT2D eigenvalue weighted by atomic mass is 10.1. The van der Waals surface area contributed by atoms with Crippen molar-refractivity contribution >= 4 is 23.9 Å². The highest BCUT2D eigenvalue weighted by Gasteiger charge is 2.05. The van der Waals surface area contributed by atoms with Gasteiger partial charge >= 0.3 is 5.97 Å². The van der Waals surface area contributed by atoms with Crippen LogP contribution < -0.4 is 0 Å². The number of benzene rings is 1. The van der Waals surface area contributed by atoms with Crippen LogP contribution in [0.5, 0.6) is 0 Å². The third-order valence-electron chi connectivity index (χ3n) is 1.60. The van der Waals surface area contributed by atoms with E-state index in [4.69, 9.17) is 16.7 Å². The summed E-state index contributed by atoms with van der Waals surface area (Å²) in [6.45, 7) is 0. The molecule has 0 aliphatic heterocycles. The van der Waals surface area contributed by atoms with Gasteiger partial charge in [-0.2, -0.15) is 0 Å². The van der Waals surface area contributed by atoms with Gasteiger partial charge < -0.3 is 9.90 Å². The van der Waals surface area contributed by atoms with E-state index in [0.717, 1.165) is 6.29 Å². The zero-order valence-corrected chi connectivity index (χ0v) is 7.41. The Kier molecular flexibility index (Phi) is 3.03. The summed E-state index contributed by atoms with van der Waals surface area (Å²) in [5.41, 5.74) is 0.765. The molecule has 0 bridgehead atoms. The Morgan fingerprint density at radius 2 is 2.23 bits per heavy atom. The van der Waals surface area contributed by atoms with Crippen LogP contribution in [0, 0.1) is 0 Å². The Hall–Kier alpha value is -1.35. The maximum absolute atomic E-state index is 10.5. The van der Waals surface area contributed by atoms with Gasteiger partial charge in [-0.3, -0.25) is 0 Å². The van der Waals surface area contributed by atoms with Crippen molar-refractivity contribution in [3.63, 3.8) is 0 Å². The fraction of sp³-hybridized carbons (Fsp3) is 0.111. The third kappa shape index (κ3) is 2.29. The Bertz CT molecular complexity index is 347. The van der Waals surface area contributed by atoms with Crippen LogP contribution in [0.3, 0.4) is 0 Å². The number of hydrogen-bond acceptors (Lipinski definition) is 2. The van der Waals surface area contributed by atoms with Crippen LogP contribution in [-0.4, -0.2) is 17.4 Å². The third-order valence-corrected chi connectivity index (χ3v) is 1.96. The molecule has 13 heavy (non-hydrogen) atoms. The Morgan fingerprint density at radius 1 is 1.54 bits per heavy atom. The predicted molar refractivity (Wildman–Crippen MR) is 48.2 cm³/mol. The second-order valence-corrected chi connectivity index (χ2v) is 2.89. The lowest BCUT2D eigenvalue weighted by Crippen LogP contribution is -1.97. The molecule has 0 saturated carbocycles. The molecule has 0 unspecified atom stereocenters. The average molecular weight is 199 g/mol. The molecule has 0 fully saturated rings. The van der Waals surface area contributed by atoms with E-state index in [1.165, 1.54) is 12.1 Å². The quantitative estimate of drug-likeness (QED) is 0.754. The molecular weight excluding hydrogens is 192 g/mol. The van der Waals surface area contributed by atoms with Crippen molar-refractivity contribution in [3.05, 3.63) is 34.3 Å². The second-order valence-electron chi connectivity index (χ2n) is 2.48. The normalized spacial score (nSPS) is 9.62. The molecule has 0 saturated heterocycles. The zero-order valence-electron chi connectivity index (χ0n) is 6.66. The zero-order chi connectivity index (χ0) is 9.84. The molecule has 3 nitrogen and oxygen atoms in total. The van der Waals surface area contributed by atoms with Crippen molar-refractivity contribution in [1.29, 1.82) is 0 Å². The number of aromatic carboxylic acids is 1.